The van der Waals surface area contributed by atoms with Crippen LogP contribution in [-0.4, -0.2) is 41.9 Å². The summed E-state index contributed by atoms with van der Waals surface area (Å²) in [6.07, 6.45) is 1.43. The van der Waals surface area contributed by atoms with E-state index < -0.39 is 0 Å². The Hall–Kier alpha value is -2.89. The Kier molecular flexibility index (Phi) is 6.54. The van der Waals surface area contributed by atoms with Gasteiger partial charge in [-0.2, -0.15) is 0 Å². The van der Waals surface area contributed by atoms with Crippen LogP contribution in [0.4, 0.5) is 0 Å². The van der Waals surface area contributed by atoms with Gasteiger partial charge in [0.1, 0.15) is 11.5 Å². The Morgan fingerprint density at radius 1 is 1.16 bits per heavy atom. The summed E-state index contributed by atoms with van der Waals surface area (Å²) < 4.78 is 11.8. The Morgan fingerprint density at radius 3 is 2.71 bits per heavy atom. The van der Waals surface area contributed by atoms with Gasteiger partial charge < -0.3 is 14.1 Å². The lowest BCUT2D eigenvalue weighted by Crippen LogP contribution is -2.29. The summed E-state index contributed by atoms with van der Waals surface area (Å²) in [7, 11) is 1.99. The number of oxazole rings is 1. The third kappa shape index (κ3) is 5.06. The molecule has 0 spiro atoms. The van der Waals surface area contributed by atoms with Gasteiger partial charge in [-0.15, -0.1) is 0 Å². The first-order valence-corrected chi connectivity index (χ1v) is 10.7. The van der Waals surface area contributed by atoms with E-state index >= 15 is 0 Å². The predicted octanol–water partition coefficient (Wildman–Crippen LogP) is 5.13. The van der Waals surface area contributed by atoms with Crippen LogP contribution in [0.5, 0.6) is 5.75 Å². The largest absolute Gasteiger partial charge is 0.493 e. The zero-order valence-electron chi connectivity index (χ0n) is 17.7. The summed E-state index contributed by atoms with van der Waals surface area (Å²) >= 11 is 5.85. The first kappa shape index (κ1) is 21.3. The minimum Gasteiger partial charge on any atom is -0.493 e. The second kappa shape index (κ2) is 9.50. The summed E-state index contributed by atoms with van der Waals surface area (Å²) in [6.45, 7) is 3.86. The van der Waals surface area contributed by atoms with Crippen LogP contribution >= 0.6 is 11.6 Å². The van der Waals surface area contributed by atoms with Crippen molar-refractivity contribution in [3.63, 3.8) is 0 Å². The van der Waals surface area contributed by atoms with E-state index in [0.29, 0.717) is 31.0 Å². The standard InChI is InChI=1S/C25H25ClN2O3/c1-17-23(27-25(31-17)18-7-4-3-5-8-18)12-14-30-20-10-6-9-19(15-20)21-11-13-28(2)16-22(21)24(26)29/h3-10,15H,11-14,16H2,1-2H3. The number of hydrogen-bond acceptors (Lipinski definition) is 5. The SMILES string of the molecule is Cc1oc(-c2ccccc2)nc1CCOc1cccc(C2=C(C(=O)Cl)CN(C)CC2)c1. The van der Waals surface area contributed by atoms with Crippen molar-refractivity contribution >= 4 is 22.4 Å². The first-order chi connectivity index (χ1) is 15.0. The number of rotatable bonds is 7. The van der Waals surface area contributed by atoms with Gasteiger partial charge in [-0.3, -0.25) is 4.79 Å². The number of halogens is 1. The molecule has 0 radical (unpaired) electrons. The average molecular weight is 437 g/mol. The molecule has 3 aromatic rings. The molecule has 1 aliphatic heterocycles. The fourth-order valence-corrected chi connectivity index (χ4v) is 3.97. The highest BCUT2D eigenvalue weighted by molar-refractivity contribution is 6.68. The van der Waals surface area contributed by atoms with E-state index in [2.05, 4.69) is 9.88 Å². The predicted molar refractivity (Wildman–Crippen MR) is 122 cm³/mol. The third-order valence-corrected chi connectivity index (χ3v) is 5.70. The maximum atomic E-state index is 11.9. The topological polar surface area (TPSA) is 55.6 Å². The quantitative estimate of drug-likeness (QED) is 0.481. The van der Waals surface area contributed by atoms with E-state index in [4.69, 9.17) is 20.8 Å². The first-order valence-electron chi connectivity index (χ1n) is 10.4. The number of ether oxygens (including phenoxy) is 1. The monoisotopic (exact) mass is 436 g/mol. The van der Waals surface area contributed by atoms with E-state index in [1.165, 1.54) is 0 Å². The normalized spacial score (nSPS) is 14.7. The molecule has 5 nitrogen and oxygen atoms in total. The fourth-order valence-electron chi connectivity index (χ4n) is 3.80. The van der Waals surface area contributed by atoms with Gasteiger partial charge in [-0.05, 0) is 67.4 Å². The van der Waals surface area contributed by atoms with E-state index in [1.54, 1.807) is 0 Å². The molecule has 0 bridgehead atoms. The van der Waals surface area contributed by atoms with Crippen molar-refractivity contribution in [2.24, 2.45) is 0 Å². The van der Waals surface area contributed by atoms with E-state index in [0.717, 1.165) is 46.9 Å². The lowest BCUT2D eigenvalue weighted by atomic mass is 9.94. The lowest BCUT2D eigenvalue weighted by Gasteiger charge is -2.26. The van der Waals surface area contributed by atoms with E-state index in [-0.39, 0.29) is 5.24 Å². The third-order valence-electron chi connectivity index (χ3n) is 5.48. The number of carbonyl (C=O) groups is 1. The minimum absolute atomic E-state index is 0.386. The molecule has 31 heavy (non-hydrogen) atoms. The van der Waals surface area contributed by atoms with Crippen molar-refractivity contribution in [1.82, 2.24) is 9.88 Å². The minimum atomic E-state index is -0.386. The molecule has 2 aromatic carbocycles. The zero-order chi connectivity index (χ0) is 21.8. The van der Waals surface area contributed by atoms with Gasteiger partial charge in [-0.1, -0.05) is 30.3 Å². The molecular formula is C25H25ClN2O3. The summed E-state index contributed by atoms with van der Waals surface area (Å²) in [5.41, 5.74) is 4.51. The number of likely N-dealkylation sites (N-methyl/N-ethyl adjacent to an activating group) is 1. The van der Waals surface area contributed by atoms with Crippen molar-refractivity contribution < 1.29 is 13.9 Å². The molecule has 160 valence electrons. The Labute approximate surface area is 187 Å². The van der Waals surface area contributed by atoms with Gasteiger partial charge in [0.15, 0.2) is 0 Å². The average Bonchev–Trinajstić information content (AvgIpc) is 3.15. The number of aromatic nitrogens is 1. The van der Waals surface area contributed by atoms with Gasteiger partial charge in [0, 0.05) is 30.6 Å². The molecule has 4 rings (SSSR count). The second-order valence-electron chi connectivity index (χ2n) is 7.73. The van der Waals surface area contributed by atoms with Gasteiger partial charge >= 0.3 is 0 Å². The highest BCUT2D eigenvalue weighted by atomic mass is 35.5. The van der Waals surface area contributed by atoms with Crippen LogP contribution in [0.1, 0.15) is 23.4 Å². The summed E-state index contributed by atoms with van der Waals surface area (Å²) in [6, 6.07) is 17.7. The molecule has 0 N–H and O–H groups in total. The molecule has 1 aliphatic rings. The van der Waals surface area contributed by atoms with Crippen molar-refractivity contribution in [2.45, 2.75) is 19.8 Å². The van der Waals surface area contributed by atoms with Crippen molar-refractivity contribution in [3.8, 4) is 17.2 Å². The van der Waals surface area contributed by atoms with E-state index in [1.807, 2.05) is 68.6 Å². The van der Waals surface area contributed by atoms with Crippen LogP contribution < -0.4 is 4.74 Å². The molecule has 0 atom stereocenters. The van der Waals surface area contributed by atoms with Crippen molar-refractivity contribution in [3.05, 3.63) is 77.2 Å². The van der Waals surface area contributed by atoms with Crippen LogP contribution in [-0.2, 0) is 11.2 Å². The summed E-state index contributed by atoms with van der Waals surface area (Å²) in [4.78, 5) is 18.6. The molecule has 0 unspecified atom stereocenters. The number of carbonyl (C=O) groups excluding carboxylic acids is 1. The Morgan fingerprint density at radius 2 is 1.94 bits per heavy atom. The Bertz CT molecular complexity index is 1100. The van der Waals surface area contributed by atoms with Crippen LogP contribution in [0.25, 0.3) is 17.0 Å². The van der Waals surface area contributed by atoms with Crippen molar-refractivity contribution in [1.29, 1.82) is 0 Å². The number of aryl methyl sites for hydroxylation is 1. The maximum absolute atomic E-state index is 11.9. The molecule has 0 fully saturated rings. The maximum Gasteiger partial charge on any atom is 0.249 e. The summed E-state index contributed by atoms with van der Waals surface area (Å²) in [5.74, 6) is 2.19. The molecule has 0 saturated carbocycles. The van der Waals surface area contributed by atoms with Gasteiger partial charge in [0.25, 0.3) is 0 Å². The molecule has 1 aromatic heterocycles. The molecule has 0 aliphatic carbocycles. The molecule has 2 heterocycles. The summed E-state index contributed by atoms with van der Waals surface area (Å²) in [5, 5.41) is -0.386. The molecule has 6 heteroatoms. The van der Waals surface area contributed by atoms with E-state index in [9.17, 15) is 4.79 Å². The van der Waals surface area contributed by atoms with Crippen LogP contribution in [0.3, 0.4) is 0 Å². The molecule has 0 amide bonds. The van der Waals surface area contributed by atoms with Gasteiger partial charge in [-0.25, -0.2) is 4.98 Å². The smallest absolute Gasteiger partial charge is 0.249 e. The highest BCUT2D eigenvalue weighted by Gasteiger charge is 2.22. The fraction of sp³-hybridized carbons (Fsp3) is 0.280. The Balaban J connectivity index is 1.44. The molecule has 0 saturated heterocycles. The van der Waals surface area contributed by atoms with Crippen LogP contribution in [0.15, 0.2) is 64.6 Å². The molecular weight excluding hydrogens is 412 g/mol. The number of nitrogens with zero attached hydrogens (tertiary/aromatic N) is 2. The highest BCUT2D eigenvalue weighted by Crippen LogP contribution is 2.30. The van der Waals surface area contributed by atoms with Crippen LogP contribution in [0.2, 0.25) is 0 Å². The number of benzene rings is 2. The van der Waals surface area contributed by atoms with Gasteiger partial charge in [0.05, 0.1) is 12.3 Å². The number of hydrogen-bond donors (Lipinski definition) is 0. The lowest BCUT2D eigenvalue weighted by molar-refractivity contribution is -0.108. The van der Waals surface area contributed by atoms with Crippen molar-refractivity contribution in [2.75, 3.05) is 26.7 Å². The van der Waals surface area contributed by atoms with Crippen LogP contribution in [0, 0.1) is 6.92 Å². The van der Waals surface area contributed by atoms with Gasteiger partial charge in [0.2, 0.25) is 11.1 Å². The second-order valence-corrected chi connectivity index (χ2v) is 8.08. The zero-order valence-corrected chi connectivity index (χ0v) is 18.5.